The van der Waals surface area contributed by atoms with E-state index in [0.29, 0.717) is 54.7 Å². The molecule has 8 heteroatoms. The lowest BCUT2D eigenvalue weighted by molar-refractivity contribution is -0.140. The molecule has 0 aliphatic carbocycles. The van der Waals surface area contributed by atoms with Crippen molar-refractivity contribution in [3.8, 4) is 5.75 Å². The number of aliphatic hydroxyl groups excluding tert-OH is 1. The summed E-state index contributed by atoms with van der Waals surface area (Å²) >= 11 is 6.00. The van der Waals surface area contributed by atoms with Gasteiger partial charge in [-0.3, -0.25) is 14.5 Å². The molecule has 0 radical (unpaired) electrons. The smallest absolute Gasteiger partial charge is 0.295 e. The van der Waals surface area contributed by atoms with E-state index in [1.807, 2.05) is 12.1 Å². The Morgan fingerprint density at radius 3 is 2.60 bits per heavy atom. The van der Waals surface area contributed by atoms with Crippen molar-refractivity contribution in [2.24, 2.45) is 0 Å². The third kappa shape index (κ3) is 5.75. The Labute approximate surface area is 210 Å². The summed E-state index contributed by atoms with van der Waals surface area (Å²) in [5.41, 5.74) is 1.17. The van der Waals surface area contributed by atoms with Crippen molar-refractivity contribution < 1.29 is 24.2 Å². The number of aliphatic hydroxyl groups is 1. The normalized spacial score (nSPS) is 20.3. The largest absolute Gasteiger partial charge is 0.507 e. The molecule has 2 saturated heterocycles. The Hall–Kier alpha value is -3.13. The molecule has 1 N–H and O–H groups in total. The van der Waals surface area contributed by atoms with Gasteiger partial charge in [-0.2, -0.15) is 0 Å². The Balaban J connectivity index is 1.68. The molecule has 4 rings (SSSR count). The van der Waals surface area contributed by atoms with Gasteiger partial charge in [0.15, 0.2) is 0 Å². The highest BCUT2D eigenvalue weighted by Crippen LogP contribution is 2.40. The number of carbonyl (C=O) groups excluding carboxylic acids is 2. The molecule has 2 aromatic carbocycles. The second-order valence-corrected chi connectivity index (χ2v) is 8.92. The highest BCUT2D eigenvalue weighted by Gasteiger charge is 2.46. The highest BCUT2D eigenvalue weighted by atomic mass is 35.5. The maximum atomic E-state index is 13.2. The van der Waals surface area contributed by atoms with Crippen LogP contribution in [0.15, 0.2) is 66.8 Å². The van der Waals surface area contributed by atoms with Gasteiger partial charge in [0.1, 0.15) is 18.1 Å². The fourth-order valence-corrected chi connectivity index (χ4v) is 4.57. The zero-order chi connectivity index (χ0) is 24.8. The summed E-state index contributed by atoms with van der Waals surface area (Å²) in [5, 5.41) is 11.7. The Kier molecular flexibility index (Phi) is 8.23. The minimum Gasteiger partial charge on any atom is -0.507 e. The number of likely N-dealkylation sites (tertiary alicyclic amines) is 1. The molecule has 0 bridgehead atoms. The molecule has 2 fully saturated rings. The standard InChI is InChI=1S/C27H29ClN2O5/c1-2-15-35-22-6-3-5-20(18-22)24-23(25(31)19-7-9-21(28)10-8-19)26(32)27(33)30(24)12-4-11-29-13-16-34-17-14-29/h2-3,5-10,18,24,31H,1,4,11-17H2/t24-/m1/s1. The van der Waals surface area contributed by atoms with Gasteiger partial charge in [0.2, 0.25) is 0 Å². The predicted molar refractivity (Wildman–Crippen MR) is 134 cm³/mol. The number of rotatable bonds is 9. The van der Waals surface area contributed by atoms with E-state index in [0.717, 1.165) is 19.6 Å². The monoisotopic (exact) mass is 496 g/mol. The molecule has 2 aliphatic heterocycles. The third-order valence-electron chi connectivity index (χ3n) is 6.18. The fourth-order valence-electron chi connectivity index (χ4n) is 4.44. The molecule has 2 aromatic rings. The predicted octanol–water partition coefficient (Wildman–Crippen LogP) is 4.05. The van der Waals surface area contributed by atoms with Crippen LogP contribution in [0, 0.1) is 0 Å². The maximum Gasteiger partial charge on any atom is 0.295 e. The first kappa shape index (κ1) is 25.0. The van der Waals surface area contributed by atoms with Crippen molar-refractivity contribution in [2.45, 2.75) is 12.5 Å². The van der Waals surface area contributed by atoms with Crippen LogP contribution >= 0.6 is 11.6 Å². The number of carbonyl (C=O) groups is 2. The van der Waals surface area contributed by atoms with Crippen molar-refractivity contribution in [3.63, 3.8) is 0 Å². The van der Waals surface area contributed by atoms with Crippen molar-refractivity contribution >= 4 is 29.1 Å². The van der Waals surface area contributed by atoms with Crippen LogP contribution < -0.4 is 4.74 Å². The van der Waals surface area contributed by atoms with Crippen LogP contribution in [0.25, 0.3) is 5.76 Å². The number of halogens is 1. The molecular weight excluding hydrogens is 468 g/mol. The molecule has 7 nitrogen and oxygen atoms in total. The highest BCUT2D eigenvalue weighted by molar-refractivity contribution is 6.46. The molecule has 0 saturated carbocycles. The molecule has 184 valence electrons. The molecule has 1 amide bonds. The summed E-state index contributed by atoms with van der Waals surface area (Å²) in [6.45, 7) is 8.26. The first-order chi connectivity index (χ1) is 17.0. The minimum absolute atomic E-state index is 0.0598. The summed E-state index contributed by atoms with van der Waals surface area (Å²) in [7, 11) is 0. The molecule has 0 aromatic heterocycles. The van der Waals surface area contributed by atoms with E-state index >= 15 is 0 Å². The third-order valence-corrected chi connectivity index (χ3v) is 6.43. The lowest BCUT2D eigenvalue weighted by Crippen LogP contribution is -2.38. The quantitative estimate of drug-likeness (QED) is 0.244. The Morgan fingerprint density at radius 1 is 1.14 bits per heavy atom. The van der Waals surface area contributed by atoms with Crippen LogP contribution in [0.5, 0.6) is 5.75 Å². The molecule has 0 unspecified atom stereocenters. The van der Waals surface area contributed by atoms with Crippen molar-refractivity contribution in [1.29, 1.82) is 0 Å². The van der Waals surface area contributed by atoms with Crippen molar-refractivity contribution in [2.75, 3.05) is 46.0 Å². The van der Waals surface area contributed by atoms with Crippen LogP contribution in [-0.2, 0) is 14.3 Å². The van der Waals surface area contributed by atoms with E-state index in [-0.39, 0.29) is 11.3 Å². The van der Waals surface area contributed by atoms with E-state index in [1.54, 1.807) is 47.4 Å². The first-order valence-electron chi connectivity index (χ1n) is 11.7. The Bertz CT molecular complexity index is 1110. The van der Waals surface area contributed by atoms with Crippen LogP contribution in [0.2, 0.25) is 5.02 Å². The van der Waals surface area contributed by atoms with E-state index in [1.165, 1.54) is 0 Å². The second-order valence-electron chi connectivity index (χ2n) is 8.48. The number of morpholine rings is 1. The SMILES string of the molecule is C=CCOc1cccc([C@@H]2C(=C(O)c3ccc(Cl)cc3)C(=O)C(=O)N2CCCN2CCOCC2)c1. The molecular formula is C27H29ClN2O5. The van der Waals surface area contributed by atoms with Crippen LogP contribution in [0.3, 0.4) is 0 Å². The average molecular weight is 497 g/mol. The molecule has 2 heterocycles. The average Bonchev–Trinajstić information content (AvgIpc) is 3.13. The van der Waals surface area contributed by atoms with Crippen molar-refractivity contribution in [1.82, 2.24) is 9.80 Å². The van der Waals surface area contributed by atoms with Gasteiger partial charge in [-0.15, -0.1) is 0 Å². The van der Waals surface area contributed by atoms with E-state index in [4.69, 9.17) is 21.1 Å². The van der Waals surface area contributed by atoms with Gasteiger partial charge in [0.05, 0.1) is 24.8 Å². The maximum absolute atomic E-state index is 13.2. The molecule has 0 spiro atoms. The van der Waals surface area contributed by atoms with Gasteiger partial charge < -0.3 is 19.5 Å². The Morgan fingerprint density at radius 2 is 1.89 bits per heavy atom. The number of nitrogens with zero attached hydrogens (tertiary/aromatic N) is 2. The zero-order valence-corrected chi connectivity index (χ0v) is 20.2. The number of ketones is 1. The summed E-state index contributed by atoms with van der Waals surface area (Å²) in [6, 6.07) is 13.0. The number of ether oxygens (including phenoxy) is 2. The summed E-state index contributed by atoms with van der Waals surface area (Å²) in [6.07, 6.45) is 2.34. The number of Topliss-reactive ketones (excluding diaryl/α,β-unsaturated/α-hetero) is 1. The zero-order valence-electron chi connectivity index (χ0n) is 19.5. The van der Waals surface area contributed by atoms with Gasteiger partial charge in [0, 0.05) is 36.8 Å². The second kappa shape index (κ2) is 11.5. The van der Waals surface area contributed by atoms with Gasteiger partial charge in [-0.05, 0) is 48.4 Å². The number of hydrogen-bond acceptors (Lipinski definition) is 6. The number of benzene rings is 2. The van der Waals surface area contributed by atoms with E-state index < -0.39 is 17.7 Å². The van der Waals surface area contributed by atoms with Gasteiger partial charge >= 0.3 is 0 Å². The first-order valence-corrected chi connectivity index (χ1v) is 12.1. The topological polar surface area (TPSA) is 79.3 Å². The van der Waals surface area contributed by atoms with Crippen molar-refractivity contribution in [3.05, 3.63) is 82.9 Å². The fraction of sp³-hybridized carbons (Fsp3) is 0.333. The molecule has 2 aliphatic rings. The minimum atomic E-state index is -0.734. The lowest BCUT2D eigenvalue weighted by atomic mass is 9.95. The number of amides is 1. The molecule has 1 atom stereocenters. The summed E-state index contributed by atoms with van der Waals surface area (Å²) in [4.78, 5) is 30.2. The van der Waals surface area contributed by atoms with Crippen LogP contribution in [-0.4, -0.2) is 72.6 Å². The summed E-state index contributed by atoms with van der Waals surface area (Å²) < 4.78 is 11.1. The summed E-state index contributed by atoms with van der Waals surface area (Å²) in [5.74, 6) is -0.956. The molecule has 35 heavy (non-hydrogen) atoms. The van der Waals surface area contributed by atoms with Gasteiger partial charge in [-0.25, -0.2) is 0 Å². The van der Waals surface area contributed by atoms with Crippen LogP contribution in [0.1, 0.15) is 23.6 Å². The van der Waals surface area contributed by atoms with E-state index in [2.05, 4.69) is 11.5 Å². The van der Waals surface area contributed by atoms with E-state index in [9.17, 15) is 14.7 Å². The van der Waals surface area contributed by atoms with Crippen LogP contribution in [0.4, 0.5) is 0 Å². The van der Waals surface area contributed by atoms with Gasteiger partial charge in [-0.1, -0.05) is 36.4 Å². The number of hydrogen-bond donors (Lipinski definition) is 1. The van der Waals surface area contributed by atoms with Gasteiger partial charge in [0.25, 0.3) is 11.7 Å². The lowest BCUT2D eigenvalue weighted by Gasteiger charge is -2.29.